The van der Waals surface area contributed by atoms with Gasteiger partial charge in [-0.1, -0.05) is 11.6 Å². The first-order chi connectivity index (χ1) is 8.19. The predicted octanol–water partition coefficient (Wildman–Crippen LogP) is 2.52. The molecule has 0 bridgehead atoms. The van der Waals surface area contributed by atoms with Crippen LogP contribution in [-0.4, -0.2) is 9.97 Å². The molecule has 88 valence electrons. The Morgan fingerprint density at radius 3 is 2.88 bits per heavy atom. The number of nitrogen functional groups attached to an aromatic ring is 1. The van der Waals surface area contributed by atoms with E-state index in [1.807, 2.05) is 13.0 Å². The Balaban J connectivity index is 2.22. The van der Waals surface area contributed by atoms with Crippen LogP contribution < -0.4 is 16.0 Å². The summed E-state index contributed by atoms with van der Waals surface area (Å²) in [6.45, 7) is 1.90. The van der Waals surface area contributed by atoms with Gasteiger partial charge in [-0.05, 0) is 30.7 Å². The second kappa shape index (κ2) is 4.99. The van der Waals surface area contributed by atoms with Gasteiger partial charge in [-0.3, -0.25) is 4.98 Å². The Morgan fingerprint density at radius 2 is 2.18 bits per heavy atom. The molecule has 17 heavy (non-hydrogen) atoms. The Kier molecular flexibility index (Phi) is 3.41. The van der Waals surface area contributed by atoms with Crippen LogP contribution in [0.15, 0.2) is 30.6 Å². The van der Waals surface area contributed by atoms with Crippen molar-refractivity contribution in [3.63, 3.8) is 0 Å². The quantitative estimate of drug-likeness (QED) is 0.647. The largest absolute Gasteiger partial charge is 0.437 e. The maximum absolute atomic E-state index is 5.92. The zero-order chi connectivity index (χ0) is 12.3. The summed E-state index contributed by atoms with van der Waals surface area (Å²) in [6, 6.07) is 5.36. The number of nitrogens with one attached hydrogen (secondary N) is 1. The van der Waals surface area contributed by atoms with Crippen LogP contribution in [0.1, 0.15) is 5.56 Å². The first-order valence-corrected chi connectivity index (χ1v) is 5.29. The van der Waals surface area contributed by atoms with E-state index >= 15 is 0 Å². The third-order valence-corrected chi connectivity index (χ3v) is 2.54. The van der Waals surface area contributed by atoms with Gasteiger partial charge in [0.2, 0.25) is 5.88 Å². The van der Waals surface area contributed by atoms with E-state index in [1.54, 1.807) is 12.1 Å². The Bertz CT molecular complexity index is 533. The molecule has 0 aliphatic rings. The zero-order valence-corrected chi connectivity index (χ0v) is 9.90. The summed E-state index contributed by atoms with van der Waals surface area (Å²) in [5, 5.41) is 0.695. The average Bonchev–Trinajstić information content (AvgIpc) is 2.34. The number of aryl methyl sites for hydroxylation is 1. The Labute approximate surface area is 104 Å². The maximum atomic E-state index is 5.92. The standard InChI is InChI=1S/C11H11ClN4O/c1-7-4-8(2-3-9(7)12)17-11-6-14-5-10(15-11)16-13/h2-6H,13H2,1H3,(H,15,16). The van der Waals surface area contributed by atoms with Crippen molar-refractivity contribution in [3.05, 3.63) is 41.2 Å². The summed E-state index contributed by atoms with van der Waals surface area (Å²) < 4.78 is 5.53. The van der Waals surface area contributed by atoms with Crippen molar-refractivity contribution < 1.29 is 4.74 Å². The smallest absolute Gasteiger partial charge is 0.239 e. The van der Waals surface area contributed by atoms with Crippen LogP contribution in [0.2, 0.25) is 5.02 Å². The number of benzene rings is 1. The summed E-state index contributed by atoms with van der Waals surface area (Å²) in [6.07, 6.45) is 3.00. The van der Waals surface area contributed by atoms with E-state index in [0.717, 1.165) is 5.56 Å². The van der Waals surface area contributed by atoms with Crippen LogP contribution >= 0.6 is 11.6 Å². The minimum Gasteiger partial charge on any atom is -0.437 e. The highest BCUT2D eigenvalue weighted by molar-refractivity contribution is 6.31. The Morgan fingerprint density at radius 1 is 1.35 bits per heavy atom. The van der Waals surface area contributed by atoms with Crippen molar-refractivity contribution in [3.8, 4) is 11.6 Å². The second-order valence-corrected chi connectivity index (χ2v) is 3.81. The molecule has 2 aromatic rings. The molecule has 5 nitrogen and oxygen atoms in total. The van der Waals surface area contributed by atoms with Crippen molar-refractivity contribution in [2.45, 2.75) is 6.92 Å². The van der Waals surface area contributed by atoms with E-state index in [0.29, 0.717) is 22.5 Å². The van der Waals surface area contributed by atoms with Crippen LogP contribution in [0, 0.1) is 6.92 Å². The SMILES string of the molecule is Cc1cc(Oc2cncc(NN)n2)ccc1Cl. The molecule has 3 N–H and O–H groups in total. The molecular formula is C11H11ClN4O. The van der Waals surface area contributed by atoms with Crippen molar-refractivity contribution in [1.82, 2.24) is 9.97 Å². The summed E-state index contributed by atoms with van der Waals surface area (Å²) in [5.74, 6) is 6.68. The molecule has 0 unspecified atom stereocenters. The molecule has 0 fully saturated rings. The number of ether oxygens (including phenoxy) is 1. The van der Waals surface area contributed by atoms with Crippen LogP contribution in [0.25, 0.3) is 0 Å². The first kappa shape index (κ1) is 11.6. The fraction of sp³-hybridized carbons (Fsp3) is 0.0909. The minimum atomic E-state index is 0.363. The lowest BCUT2D eigenvalue weighted by atomic mass is 10.2. The second-order valence-electron chi connectivity index (χ2n) is 3.40. The molecule has 0 aliphatic heterocycles. The van der Waals surface area contributed by atoms with Crippen LogP contribution in [0.3, 0.4) is 0 Å². The van der Waals surface area contributed by atoms with Crippen molar-refractivity contribution >= 4 is 17.4 Å². The molecular weight excluding hydrogens is 240 g/mol. The fourth-order valence-corrected chi connectivity index (χ4v) is 1.39. The lowest BCUT2D eigenvalue weighted by molar-refractivity contribution is 0.460. The van der Waals surface area contributed by atoms with E-state index in [9.17, 15) is 0 Å². The van der Waals surface area contributed by atoms with E-state index in [-0.39, 0.29) is 0 Å². The predicted molar refractivity (Wildman–Crippen MR) is 66.1 cm³/mol. The lowest BCUT2D eigenvalue weighted by Gasteiger charge is -2.07. The van der Waals surface area contributed by atoms with E-state index < -0.39 is 0 Å². The van der Waals surface area contributed by atoms with E-state index in [2.05, 4.69) is 15.4 Å². The van der Waals surface area contributed by atoms with E-state index in [4.69, 9.17) is 22.2 Å². The maximum Gasteiger partial charge on any atom is 0.239 e. The van der Waals surface area contributed by atoms with Crippen LogP contribution in [-0.2, 0) is 0 Å². The van der Waals surface area contributed by atoms with Gasteiger partial charge in [-0.2, -0.15) is 4.98 Å². The molecule has 0 spiro atoms. The van der Waals surface area contributed by atoms with Gasteiger partial charge in [0, 0.05) is 5.02 Å². The van der Waals surface area contributed by atoms with Crippen molar-refractivity contribution in [1.29, 1.82) is 0 Å². The van der Waals surface area contributed by atoms with Gasteiger partial charge in [0.1, 0.15) is 5.75 Å². The highest BCUT2D eigenvalue weighted by atomic mass is 35.5. The number of anilines is 1. The Hall–Kier alpha value is -1.85. The number of rotatable bonds is 3. The van der Waals surface area contributed by atoms with Crippen LogP contribution in [0.5, 0.6) is 11.6 Å². The van der Waals surface area contributed by atoms with Crippen molar-refractivity contribution in [2.75, 3.05) is 5.43 Å². The molecule has 1 heterocycles. The molecule has 0 radical (unpaired) electrons. The molecule has 0 amide bonds. The third-order valence-electron chi connectivity index (χ3n) is 2.11. The molecule has 1 aromatic carbocycles. The number of hydrogen-bond acceptors (Lipinski definition) is 5. The molecule has 2 rings (SSSR count). The highest BCUT2D eigenvalue weighted by Gasteiger charge is 2.02. The van der Waals surface area contributed by atoms with Crippen molar-refractivity contribution in [2.24, 2.45) is 5.84 Å². The highest BCUT2D eigenvalue weighted by Crippen LogP contribution is 2.24. The number of aromatic nitrogens is 2. The summed E-state index contributed by atoms with van der Waals surface area (Å²) >= 11 is 5.92. The van der Waals surface area contributed by atoms with E-state index in [1.165, 1.54) is 12.4 Å². The first-order valence-electron chi connectivity index (χ1n) is 4.91. The molecule has 0 atom stereocenters. The topological polar surface area (TPSA) is 73.1 Å². The molecule has 0 aliphatic carbocycles. The summed E-state index contributed by atoms with van der Waals surface area (Å²) in [7, 11) is 0. The third kappa shape index (κ3) is 2.83. The van der Waals surface area contributed by atoms with Gasteiger partial charge >= 0.3 is 0 Å². The van der Waals surface area contributed by atoms with Gasteiger partial charge in [0.15, 0.2) is 5.82 Å². The van der Waals surface area contributed by atoms with Gasteiger partial charge in [-0.25, -0.2) is 5.84 Å². The lowest BCUT2D eigenvalue weighted by Crippen LogP contribution is -2.08. The number of nitrogens with zero attached hydrogens (tertiary/aromatic N) is 2. The summed E-state index contributed by atoms with van der Waals surface area (Å²) in [4.78, 5) is 8.02. The fourth-order valence-electron chi connectivity index (χ4n) is 1.27. The van der Waals surface area contributed by atoms with Gasteiger partial charge in [-0.15, -0.1) is 0 Å². The van der Waals surface area contributed by atoms with Crippen LogP contribution in [0.4, 0.5) is 5.82 Å². The molecule has 1 aromatic heterocycles. The molecule has 6 heteroatoms. The van der Waals surface area contributed by atoms with Gasteiger partial charge in [0.05, 0.1) is 12.4 Å². The van der Waals surface area contributed by atoms with Gasteiger partial charge in [0.25, 0.3) is 0 Å². The monoisotopic (exact) mass is 250 g/mol. The average molecular weight is 251 g/mol. The molecule has 0 saturated heterocycles. The minimum absolute atomic E-state index is 0.363. The number of hydrazine groups is 1. The zero-order valence-electron chi connectivity index (χ0n) is 9.14. The number of nitrogens with two attached hydrogens (primary N) is 1. The number of hydrogen-bond donors (Lipinski definition) is 2. The van der Waals surface area contributed by atoms with Gasteiger partial charge < -0.3 is 10.2 Å². The summed E-state index contributed by atoms with van der Waals surface area (Å²) in [5.41, 5.74) is 3.33. The molecule has 0 saturated carbocycles. The normalized spacial score (nSPS) is 10.1. The number of halogens is 1.